The summed E-state index contributed by atoms with van der Waals surface area (Å²) in [5.41, 5.74) is 4.17. The lowest BCUT2D eigenvalue weighted by Crippen LogP contribution is -2.41. The Labute approximate surface area is 160 Å². The minimum Gasteiger partial charge on any atom is -0.385 e. The van der Waals surface area contributed by atoms with E-state index in [2.05, 4.69) is 32.9 Å². The van der Waals surface area contributed by atoms with Crippen LogP contribution in [0.4, 0.5) is 0 Å². The smallest absolute Gasteiger partial charge is 0.186 e. The number of likely N-dealkylation sites (tertiary alicyclic amines) is 1. The number of hydrogen-bond acceptors (Lipinski definition) is 4. The molecule has 1 aromatic rings. The maximum Gasteiger partial charge on any atom is 0.186 e. The number of ether oxygens (including phenoxy) is 1. The summed E-state index contributed by atoms with van der Waals surface area (Å²) in [6.07, 6.45) is 6.46. The van der Waals surface area contributed by atoms with E-state index in [-0.39, 0.29) is 0 Å². The van der Waals surface area contributed by atoms with Crippen LogP contribution in [0.3, 0.4) is 0 Å². The second kappa shape index (κ2) is 11.4. The molecule has 0 aliphatic carbocycles. The molecule has 1 heterocycles. The lowest BCUT2D eigenvalue weighted by molar-refractivity contribution is 0.186. The van der Waals surface area contributed by atoms with Crippen molar-refractivity contribution in [3.05, 3.63) is 34.9 Å². The van der Waals surface area contributed by atoms with Crippen LogP contribution in [0.2, 0.25) is 5.02 Å². The molecule has 7 heteroatoms. The van der Waals surface area contributed by atoms with Crippen LogP contribution in [-0.2, 0) is 11.3 Å². The first-order chi connectivity index (χ1) is 12.2. The van der Waals surface area contributed by atoms with Gasteiger partial charge in [-0.15, -0.1) is 0 Å². The first kappa shape index (κ1) is 20.1. The van der Waals surface area contributed by atoms with Gasteiger partial charge in [-0.05, 0) is 55.7 Å². The molecule has 1 aliphatic heterocycles. The zero-order valence-electron chi connectivity index (χ0n) is 14.7. The summed E-state index contributed by atoms with van der Waals surface area (Å²) in [6.45, 7) is 3.49. The van der Waals surface area contributed by atoms with Gasteiger partial charge >= 0.3 is 0 Å². The van der Waals surface area contributed by atoms with E-state index in [1.807, 2.05) is 18.3 Å². The van der Waals surface area contributed by atoms with Crippen molar-refractivity contribution in [1.29, 1.82) is 0 Å². The number of benzene rings is 1. The topological polar surface area (TPSA) is 48.9 Å². The van der Waals surface area contributed by atoms with Gasteiger partial charge in [0.1, 0.15) is 0 Å². The molecule has 2 rings (SSSR count). The maximum atomic E-state index is 5.97. The summed E-state index contributed by atoms with van der Waals surface area (Å²) in [5, 5.41) is 8.76. The molecule has 0 spiro atoms. The van der Waals surface area contributed by atoms with Gasteiger partial charge in [0.15, 0.2) is 5.11 Å². The number of nitrogens with zero attached hydrogens (tertiary/aromatic N) is 2. The zero-order valence-corrected chi connectivity index (χ0v) is 16.3. The fourth-order valence-corrected chi connectivity index (χ4v) is 3.13. The van der Waals surface area contributed by atoms with E-state index in [9.17, 15) is 0 Å². The average molecular weight is 383 g/mol. The summed E-state index contributed by atoms with van der Waals surface area (Å²) < 4.78 is 5.01. The number of halogens is 1. The predicted octanol–water partition coefficient (Wildman–Crippen LogP) is 3.18. The highest BCUT2D eigenvalue weighted by Crippen LogP contribution is 2.19. The number of hydrogen-bond donors (Lipinski definition) is 2. The number of rotatable bonds is 8. The molecule has 1 aliphatic rings. The first-order valence-corrected chi connectivity index (χ1v) is 9.52. The molecule has 0 bridgehead atoms. The molecule has 0 amide bonds. The SMILES string of the molecule is COCCCNC(=S)N/N=C/C1CCCCN1Cc1ccc(Cl)cc1. The molecule has 1 unspecified atom stereocenters. The monoisotopic (exact) mass is 382 g/mol. The van der Waals surface area contributed by atoms with Gasteiger partial charge in [0.05, 0.1) is 0 Å². The Bertz CT molecular complexity index is 553. The molecule has 1 atom stereocenters. The van der Waals surface area contributed by atoms with Crippen molar-refractivity contribution in [3.63, 3.8) is 0 Å². The fraction of sp³-hybridized carbons (Fsp3) is 0.556. The van der Waals surface area contributed by atoms with Crippen molar-refractivity contribution < 1.29 is 4.74 Å². The van der Waals surface area contributed by atoms with Crippen molar-refractivity contribution in [2.75, 3.05) is 26.8 Å². The zero-order chi connectivity index (χ0) is 17.9. The van der Waals surface area contributed by atoms with Crippen LogP contribution >= 0.6 is 23.8 Å². The van der Waals surface area contributed by atoms with Crippen molar-refractivity contribution in [2.24, 2.45) is 5.10 Å². The molecule has 1 fully saturated rings. The van der Waals surface area contributed by atoms with Gasteiger partial charge in [-0.2, -0.15) is 5.10 Å². The Kier molecular flexibility index (Phi) is 9.18. The van der Waals surface area contributed by atoms with Crippen molar-refractivity contribution in [2.45, 2.75) is 38.3 Å². The molecule has 5 nitrogen and oxygen atoms in total. The number of hydrazone groups is 1. The van der Waals surface area contributed by atoms with E-state index in [4.69, 9.17) is 28.6 Å². The van der Waals surface area contributed by atoms with Gasteiger partial charge in [0.25, 0.3) is 0 Å². The Morgan fingerprint density at radius 2 is 2.20 bits per heavy atom. The van der Waals surface area contributed by atoms with Crippen LogP contribution in [0, 0.1) is 0 Å². The van der Waals surface area contributed by atoms with Crippen molar-refractivity contribution in [1.82, 2.24) is 15.6 Å². The second-order valence-corrected chi connectivity index (χ2v) is 7.00. The molecule has 138 valence electrons. The molecular weight excluding hydrogens is 356 g/mol. The molecule has 0 saturated carbocycles. The van der Waals surface area contributed by atoms with E-state index >= 15 is 0 Å². The highest BCUT2D eigenvalue weighted by molar-refractivity contribution is 7.80. The van der Waals surface area contributed by atoms with Gasteiger partial charge in [-0.1, -0.05) is 30.2 Å². The van der Waals surface area contributed by atoms with Crippen molar-refractivity contribution in [3.8, 4) is 0 Å². The number of nitrogens with one attached hydrogen (secondary N) is 2. The highest BCUT2D eigenvalue weighted by atomic mass is 35.5. The standard InChI is InChI=1S/C18H27ClN4OS/c1-24-12-4-10-20-18(25)22-21-13-17-5-2-3-11-23(17)14-15-6-8-16(19)9-7-15/h6-9,13,17H,2-5,10-12,14H2,1H3,(H2,20,22,25)/b21-13+. The number of piperidine rings is 1. The molecule has 0 aromatic heterocycles. The van der Waals surface area contributed by atoms with Gasteiger partial charge in [0.2, 0.25) is 0 Å². The molecular formula is C18H27ClN4OS. The second-order valence-electron chi connectivity index (χ2n) is 6.15. The lowest BCUT2D eigenvalue weighted by atomic mass is 10.0. The molecule has 1 aromatic carbocycles. The normalized spacial score (nSPS) is 18.4. The summed E-state index contributed by atoms with van der Waals surface area (Å²) in [5.74, 6) is 0. The van der Waals surface area contributed by atoms with Crippen LogP contribution in [0.25, 0.3) is 0 Å². The minimum absolute atomic E-state index is 0.327. The molecule has 1 saturated heterocycles. The molecule has 0 radical (unpaired) electrons. The Morgan fingerprint density at radius 3 is 2.96 bits per heavy atom. The van der Waals surface area contributed by atoms with Gasteiger partial charge < -0.3 is 10.1 Å². The van der Waals surface area contributed by atoms with Crippen LogP contribution in [0.5, 0.6) is 0 Å². The Balaban J connectivity index is 1.79. The van der Waals surface area contributed by atoms with Crippen LogP contribution in [-0.4, -0.2) is 49.1 Å². The van der Waals surface area contributed by atoms with Gasteiger partial charge in [-0.25, -0.2) is 0 Å². The fourth-order valence-electron chi connectivity index (χ4n) is 2.85. The Hall–Kier alpha value is -1.21. The quantitative estimate of drug-likeness (QED) is 0.313. The van der Waals surface area contributed by atoms with Gasteiger partial charge in [-0.3, -0.25) is 10.3 Å². The van der Waals surface area contributed by atoms with E-state index in [1.165, 1.54) is 18.4 Å². The summed E-state index contributed by atoms with van der Waals surface area (Å²) >= 11 is 11.2. The van der Waals surface area contributed by atoms with Crippen LogP contribution in [0.15, 0.2) is 29.4 Å². The molecule has 25 heavy (non-hydrogen) atoms. The third kappa shape index (κ3) is 7.69. The Morgan fingerprint density at radius 1 is 1.40 bits per heavy atom. The third-order valence-electron chi connectivity index (χ3n) is 4.19. The largest absolute Gasteiger partial charge is 0.385 e. The van der Waals surface area contributed by atoms with E-state index in [0.717, 1.165) is 44.1 Å². The van der Waals surface area contributed by atoms with E-state index in [0.29, 0.717) is 11.2 Å². The van der Waals surface area contributed by atoms with E-state index in [1.54, 1.807) is 7.11 Å². The summed E-state index contributed by atoms with van der Waals surface area (Å²) in [6, 6.07) is 8.39. The summed E-state index contributed by atoms with van der Waals surface area (Å²) in [7, 11) is 1.70. The van der Waals surface area contributed by atoms with Gasteiger partial charge in [0, 0.05) is 44.1 Å². The van der Waals surface area contributed by atoms with Crippen molar-refractivity contribution >= 4 is 35.1 Å². The molecule has 2 N–H and O–H groups in total. The van der Waals surface area contributed by atoms with Crippen LogP contribution < -0.4 is 10.7 Å². The number of thiocarbonyl (C=S) groups is 1. The first-order valence-electron chi connectivity index (χ1n) is 8.73. The van der Waals surface area contributed by atoms with E-state index < -0.39 is 0 Å². The lowest BCUT2D eigenvalue weighted by Gasteiger charge is -2.33. The maximum absolute atomic E-state index is 5.97. The number of methoxy groups -OCH3 is 1. The average Bonchev–Trinajstić information content (AvgIpc) is 2.62. The third-order valence-corrected chi connectivity index (χ3v) is 4.67. The summed E-state index contributed by atoms with van der Waals surface area (Å²) in [4.78, 5) is 2.45. The predicted molar refractivity (Wildman–Crippen MR) is 108 cm³/mol. The minimum atomic E-state index is 0.327. The van der Waals surface area contributed by atoms with Crippen LogP contribution in [0.1, 0.15) is 31.2 Å². The highest BCUT2D eigenvalue weighted by Gasteiger charge is 2.20.